The lowest BCUT2D eigenvalue weighted by atomic mass is 9.96. The standard InChI is InChI=1S/C32H33N5O3S/c1-20-9-7-11-24(17-20)34-28(38)14-16-36-30(29(35-32(36)41)27-13-5-6-15-33-27)26-18-21(2)37(22(26)3)25-12-8-10-23(19-25)31(39)40-4/h5-13,15,17-19,29-30H,14,16H2,1-4H3,(H,34,38)(H,35,41)/t29-,30-/m1/s1. The number of methoxy groups -OCH3 is 1. The molecule has 0 bridgehead atoms. The number of aromatic nitrogens is 2. The van der Waals surface area contributed by atoms with E-state index in [0.29, 0.717) is 17.2 Å². The number of benzene rings is 2. The summed E-state index contributed by atoms with van der Waals surface area (Å²) in [5.41, 5.74) is 7.15. The molecule has 2 N–H and O–H groups in total. The highest BCUT2D eigenvalue weighted by Gasteiger charge is 2.41. The second kappa shape index (κ2) is 11.9. The molecule has 3 heterocycles. The topological polar surface area (TPSA) is 88.5 Å². The van der Waals surface area contributed by atoms with E-state index in [0.717, 1.165) is 39.6 Å². The molecule has 2 aromatic heterocycles. The summed E-state index contributed by atoms with van der Waals surface area (Å²) >= 11 is 5.83. The molecule has 1 fully saturated rings. The Balaban J connectivity index is 1.48. The third-order valence-electron chi connectivity index (χ3n) is 7.39. The number of amides is 1. The van der Waals surface area contributed by atoms with Gasteiger partial charge in [-0.05, 0) is 92.6 Å². The quantitative estimate of drug-likeness (QED) is 0.212. The van der Waals surface area contributed by atoms with E-state index < -0.39 is 0 Å². The van der Waals surface area contributed by atoms with E-state index in [-0.39, 0.29) is 30.4 Å². The van der Waals surface area contributed by atoms with Crippen molar-refractivity contribution >= 4 is 34.9 Å². The van der Waals surface area contributed by atoms with Crippen LogP contribution in [0.2, 0.25) is 0 Å². The zero-order valence-electron chi connectivity index (χ0n) is 23.5. The van der Waals surface area contributed by atoms with Crippen LogP contribution in [-0.2, 0) is 9.53 Å². The fraction of sp³-hybridized carbons (Fsp3) is 0.250. The van der Waals surface area contributed by atoms with Gasteiger partial charge in [0.15, 0.2) is 5.11 Å². The number of carbonyl (C=O) groups excluding carboxylic acids is 2. The van der Waals surface area contributed by atoms with Gasteiger partial charge in [0, 0.05) is 41.9 Å². The maximum Gasteiger partial charge on any atom is 0.337 e. The number of pyridine rings is 1. The highest BCUT2D eigenvalue weighted by atomic mass is 32.1. The summed E-state index contributed by atoms with van der Waals surface area (Å²) in [5.74, 6) is -0.464. The predicted molar refractivity (Wildman–Crippen MR) is 163 cm³/mol. The zero-order chi connectivity index (χ0) is 29.1. The van der Waals surface area contributed by atoms with E-state index in [1.54, 1.807) is 12.3 Å². The molecule has 1 saturated heterocycles. The Morgan fingerprint density at radius 3 is 2.56 bits per heavy atom. The Morgan fingerprint density at radius 2 is 1.83 bits per heavy atom. The van der Waals surface area contributed by atoms with Crippen molar-refractivity contribution < 1.29 is 14.3 Å². The van der Waals surface area contributed by atoms with Gasteiger partial charge in [0.05, 0.1) is 30.5 Å². The van der Waals surface area contributed by atoms with Gasteiger partial charge in [-0.3, -0.25) is 9.78 Å². The molecule has 4 aromatic rings. The van der Waals surface area contributed by atoms with Gasteiger partial charge >= 0.3 is 5.97 Å². The second-order valence-electron chi connectivity index (χ2n) is 10.2. The molecule has 0 aliphatic carbocycles. The van der Waals surface area contributed by atoms with Crippen LogP contribution in [-0.4, -0.2) is 45.1 Å². The van der Waals surface area contributed by atoms with Crippen molar-refractivity contribution in [3.8, 4) is 5.69 Å². The molecule has 9 heteroatoms. The van der Waals surface area contributed by atoms with Gasteiger partial charge in [-0.1, -0.05) is 24.3 Å². The largest absolute Gasteiger partial charge is 0.465 e. The van der Waals surface area contributed by atoms with Crippen molar-refractivity contribution in [3.05, 3.63) is 113 Å². The van der Waals surface area contributed by atoms with Gasteiger partial charge in [-0.15, -0.1) is 0 Å². The molecule has 0 saturated carbocycles. The van der Waals surface area contributed by atoms with Gasteiger partial charge < -0.3 is 24.8 Å². The lowest BCUT2D eigenvalue weighted by molar-refractivity contribution is -0.116. The van der Waals surface area contributed by atoms with Gasteiger partial charge in [-0.2, -0.15) is 0 Å². The van der Waals surface area contributed by atoms with Gasteiger partial charge in [0.25, 0.3) is 0 Å². The number of anilines is 1. The minimum Gasteiger partial charge on any atom is -0.465 e. The highest BCUT2D eigenvalue weighted by molar-refractivity contribution is 7.80. The normalized spacial score (nSPS) is 16.4. The van der Waals surface area contributed by atoms with E-state index in [2.05, 4.69) is 38.1 Å². The van der Waals surface area contributed by atoms with E-state index >= 15 is 0 Å². The number of nitrogens with zero attached hydrogens (tertiary/aromatic N) is 3. The molecular weight excluding hydrogens is 534 g/mol. The number of nitrogens with one attached hydrogen (secondary N) is 2. The Hall–Kier alpha value is -4.50. The summed E-state index contributed by atoms with van der Waals surface area (Å²) in [6.45, 7) is 6.53. The molecule has 1 aliphatic heterocycles. The first-order valence-corrected chi connectivity index (χ1v) is 13.9. The van der Waals surface area contributed by atoms with Crippen LogP contribution in [0.1, 0.15) is 57.1 Å². The van der Waals surface area contributed by atoms with E-state index in [4.69, 9.17) is 17.0 Å². The number of ether oxygens (including phenoxy) is 1. The average molecular weight is 568 g/mol. The van der Waals surface area contributed by atoms with Crippen LogP contribution >= 0.6 is 12.2 Å². The maximum absolute atomic E-state index is 12.9. The average Bonchev–Trinajstić information content (AvgIpc) is 3.45. The van der Waals surface area contributed by atoms with E-state index in [1.807, 2.05) is 74.5 Å². The number of aryl methyl sites for hydroxylation is 2. The van der Waals surface area contributed by atoms with Gasteiger partial charge in [0.1, 0.15) is 0 Å². The Kier molecular flexibility index (Phi) is 8.16. The van der Waals surface area contributed by atoms with Crippen molar-refractivity contribution in [3.63, 3.8) is 0 Å². The lowest BCUT2D eigenvalue weighted by Crippen LogP contribution is -2.32. The van der Waals surface area contributed by atoms with Crippen LogP contribution in [0.4, 0.5) is 5.69 Å². The summed E-state index contributed by atoms with van der Waals surface area (Å²) < 4.78 is 7.06. The van der Waals surface area contributed by atoms with Crippen molar-refractivity contribution in [2.75, 3.05) is 19.0 Å². The minimum atomic E-state index is -0.384. The van der Waals surface area contributed by atoms with Crippen LogP contribution in [0.15, 0.2) is 79.0 Å². The zero-order valence-corrected chi connectivity index (χ0v) is 24.4. The first-order valence-electron chi connectivity index (χ1n) is 13.5. The van der Waals surface area contributed by atoms with Gasteiger partial charge in [-0.25, -0.2) is 4.79 Å². The van der Waals surface area contributed by atoms with Gasteiger partial charge in [0.2, 0.25) is 5.91 Å². The number of hydrogen-bond acceptors (Lipinski definition) is 5. The van der Waals surface area contributed by atoms with Crippen LogP contribution in [0.5, 0.6) is 0 Å². The third kappa shape index (κ3) is 5.85. The fourth-order valence-electron chi connectivity index (χ4n) is 5.53. The fourth-order valence-corrected chi connectivity index (χ4v) is 5.86. The number of carbonyl (C=O) groups is 2. The Bertz CT molecular complexity index is 1600. The van der Waals surface area contributed by atoms with Crippen molar-refractivity contribution in [2.24, 2.45) is 0 Å². The first kappa shape index (κ1) is 28.0. The predicted octanol–water partition coefficient (Wildman–Crippen LogP) is 5.59. The molecule has 0 unspecified atom stereocenters. The summed E-state index contributed by atoms with van der Waals surface area (Å²) in [5, 5.41) is 7.05. The molecule has 1 amide bonds. The molecule has 0 spiro atoms. The second-order valence-corrected chi connectivity index (χ2v) is 10.6. The summed E-state index contributed by atoms with van der Waals surface area (Å²) in [6.07, 6.45) is 2.04. The molecule has 41 heavy (non-hydrogen) atoms. The van der Waals surface area contributed by atoms with Crippen molar-refractivity contribution in [1.82, 2.24) is 19.8 Å². The van der Waals surface area contributed by atoms with E-state index in [9.17, 15) is 9.59 Å². The summed E-state index contributed by atoms with van der Waals surface area (Å²) in [6, 6.07) is 22.7. The first-order chi connectivity index (χ1) is 19.8. The Morgan fingerprint density at radius 1 is 1.02 bits per heavy atom. The van der Waals surface area contributed by atoms with Crippen molar-refractivity contribution in [1.29, 1.82) is 0 Å². The molecular formula is C32H33N5O3S. The molecule has 0 radical (unpaired) electrons. The number of thiocarbonyl (C=S) groups is 1. The molecule has 2 atom stereocenters. The van der Waals surface area contributed by atoms with Crippen molar-refractivity contribution in [2.45, 2.75) is 39.3 Å². The molecule has 210 valence electrons. The molecule has 2 aromatic carbocycles. The van der Waals surface area contributed by atoms with Crippen LogP contribution < -0.4 is 10.6 Å². The van der Waals surface area contributed by atoms with Crippen LogP contribution in [0.3, 0.4) is 0 Å². The molecule has 5 rings (SSSR count). The lowest BCUT2D eigenvalue weighted by Gasteiger charge is -2.28. The van der Waals surface area contributed by atoms with Crippen LogP contribution in [0, 0.1) is 20.8 Å². The number of hydrogen-bond donors (Lipinski definition) is 2. The number of rotatable bonds is 8. The Labute approximate surface area is 245 Å². The summed E-state index contributed by atoms with van der Waals surface area (Å²) in [4.78, 5) is 31.9. The minimum absolute atomic E-state index is 0.0801. The highest BCUT2D eigenvalue weighted by Crippen LogP contribution is 2.41. The number of esters is 1. The third-order valence-corrected chi connectivity index (χ3v) is 7.75. The van der Waals surface area contributed by atoms with E-state index in [1.165, 1.54) is 7.11 Å². The monoisotopic (exact) mass is 567 g/mol. The summed E-state index contributed by atoms with van der Waals surface area (Å²) in [7, 11) is 1.38. The smallest absolute Gasteiger partial charge is 0.337 e. The maximum atomic E-state index is 12.9. The SMILES string of the molecule is COC(=O)c1cccc(-n2c(C)cc([C@@H]3[C@@H](c4ccccn4)NC(=S)N3CCC(=O)Nc3cccc(C)c3)c2C)c1. The molecule has 8 nitrogen and oxygen atoms in total. The molecule has 1 aliphatic rings. The van der Waals surface area contributed by atoms with Crippen LogP contribution in [0.25, 0.3) is 5.69 Å².